The highest BCUT2D eigenvalue weighted by atomic mass is 35.5. The first kappa shape index (κ1) is 14.9. The summed E-state index contributed by atoms with van der Waals surface area (Å²) in [5, 5.41) is 0.466. The number of hydrogen-bond donors (Lipinski definition) is 0. The first-order chi connectivity index (χ1) is 7.56. The highest BCUT2D eigenvalue weighted by Gasteiger charge is 2.10. The van der Waals surface area contributed by atoms with E-state index in [1.165, 1.54) is 19.4 Å². The summed E-state index contributed by atoms with van der Waals surface area (Å²) in [5.41, 5.74) is 0.184. The molecule has 0 amide bonds. The zero-order valence-corrected chi connectivity index (χ0v) is 10.8. The number of rotatable bonds is 4. The highest BCUT2D eigenvalue weighted by molar-refractivity contribution is 6.40. The van der Waals surface area contributed by atoms with Crippen LogP contribution in [0.25, 0.3) is 0 Å². The van der Waals surface area contributed by atoms with Crippen molar-refractivity contribution in [3.8, 4) is 0 Å². The Balaban J connectivity index is 5.13. The maximum Gasteiger partial charge on any atom is 0.340 e. The second-order valence-electron chi connectivity index (χ2n) is 2.63. The van der Waals surface area contributed by atoms with Crippen LogP contribution in [0.5, 0.6) is 0 Å². The third-order valence-corrected chi connectivity index (χ3v) is 2.15. The molecule has 5 heteroatoms. The average molecular weight is 262 g/mol. The van der Waals surface area contributed by atoms with E-state index in [4.69, 9.17) is 23.2 Å². The predicted octanol–water partition coefficient (Wildman–Crippen LogP) is 3.40. The molecule has 0 aromatic heterocycles. The van der Waals surface area contributed by atoms with E-state index in [-0.39, 0.29) is 10.7 Å². The van der Waals surface area contributed by atoms with Crippen LogP contribution >= 0.6 is 23.2 Å². The molecule has 0 radical (unpaired) electrons. The second-order valence-corrected chi connectivity index (χ2v) is 3.42. The summed E-state index contributed by atoms with van der Waals surface area (Å²) in [6, 6.07) is 0. The number of ether oxygens (including phenoxy) is 1. The van der Waals surface area contributed by atoms with Crippen molar-refractivity contribution in [2.24, 2.45) is 4.99 Å². The van der Waals surface area contributed by atoms with Gasteiger partial charge in [0.15, 0.2) is 0 Å². The number of allylic oxidation sites excluding steroid dienone is 3. The van der Waals surface area contributed by atoms with Gasteiger partial charge >= 0.3 is 5.97 Å². The fraction of sp³-hybridized carbons (Fsp3) is 0.273. The summed E-state index contributed by atoms with van der Waals surface area (Å²) in [5.74, 6) is -0.545. The molecule has 0 aliphatic carbocycles. The number of carbonyl (C=O) groups excluding carboxylic acids is 1. The molecule has 0 rings (SSSR count). The van der Waals surface area contributed by atoms with E-state index in [0.29, 0.717) is 5.03 Å². The fourth-order valence-corrected chi connectivity index (χ4v) is 0.998. The molecule has 0 spiro atoms. The molecule has 88 valence electrons. The molecule has 0 bridgehead atoms. The molecule has 0 atom stereocenters. The molecule has 0 N–H and O–H groups in total. The number of halogens is 2. The SMILES string of the molecule is C/C=C(Cl)/C=N\C(Cl)=C(/C=C/C)C(=O)OC. The predicted molar refractivity (Wildman–Crippen MR) is 67.8 cm³/mol. The summed E-state index contributed by atoms with van der Waals surface area (Å²) in [6.45, 7) is 3.52. The largest absolute Gasteiger partial charge is 0.465 e. The minimum Gasteiger partial charge on any atom is -0.465 e. The molecule has 16 heavy (non-hydrogen) atoms. The summed E-state index contributed by atoms with van der Waals surface area (Å²) >= 11 is 11.5. The Hall–Kier alpha value is -1.06. The van der Waals surface area contributed by atoms with Crippen molar-refractivity contribution in [3.05, 3.63) is 34.0 Å². The maximum atomic E-state index is 11.3. The maximum absolute atomic E-state index is 11.3. The molecule has 0 aliphatic rings. The van der Waals surface area contributed by atoms with Crippen LogP contribution in [0.3, 0.4) is 0 Å². The Labute approximate surface area is 105 Å². The van der Waals surface area contributed by atoms with Crippen molar-refractivity contribution in [1.82, 2.24) is 0 Å². The average Bonchev–Trinajstić information content (AvgIpc) is 2.31. The smallest absolute Gasteiger partial charge is 0.340 e. The summed E-state index contributed by atoms with van der Waals surface area (Å²) in [6.07, 6.45) is 6.20. The van der Waals surface area contributed by atoms with Crippen molar-refractivity contribution in [2.45, 2.75) is 13.8 Å². The van der Waals surface area contributed by atoms with Crippen LogP contribution < -0.4 is 0 Å². The summed E-state index contributed by atoms with van der Waals surface area (Å²) < 4.78 is 4.57. The number of carbonyl (C=O) groups is 1. The molecule has 0 heterocycles. The lowest BCUT2D eigenvalue weighted by Gasteiger charge is -2.00. The molecule has 0 aromatic carbocycles. The van der Waals surface area contributed by atoms with Crippen LogP contribution in [-0.4, -0.2) is 19.3 Å². The molecule has 0 saturated heterocycles. The quantitative estimate of drug-likeness (QED) is 0.256. The summed E-state index contributed by atoms with van der Waals surface area (Å²) in [7, 11) is 1.28. The monoisotopic (exact) mass is 261 g/mol. The summed E-state index contributed by atoms with van der Waals surface area (Å²) in [4.78, 5) is 15.2. The standard InChI is InChI=1S/C11H13Cl2NO2/c1-4-6-9(11(15)16-3)10(13)14-7-8(12)5-2/h4-7H,1-3H3/b6-4+,8-5-,10-9+,14-7-. The topological polar surface area (TPSA) is 38.7 Å². The number of nitrogens with zero attached hydrogens (tertiary/aromatic N) is 1. The molecule has 0 fully saturated rings. The van der Waals surface area contributed by atoms with E-state index < -0.39 is 5.97 Å². The van der Waals surface area contributed by atoms with Gasteiger partial charge < -0.3 is 4.74 Å². The Morgan fingerprint density at radius 1 is 1.31 bits per heavy atom. The number of hydrogen-bond acceptors (Lipinski definition) is 3. The number of aliphatic imine (C=N–C) groups is 1. The van der Waals surface area contributed by atoms with Crippen LogP contribution in [0.15, 0.2) is 39.0 Å². The third kappa shape index (κ3) is 5.14. The van der Waals surface area contributed by atoms with E-state index in [1.54, 1.807) is 26.0 Å². The van der Waals surface area contributed by atoms with E-state index in [9.17, 15) is 4.79 Å². The molecule has 0 unspecified atom stereocenters. The van der Waals surface area contributed by atoms with Crippen molar-refractivity contribution in [2.75, 3.05) is 7.11 Å². The highest BCUT2D eigenvalue weighted by Crippen LogP contribution is 2.14. The second kappa shape index (κ2) is 8.13. The van der Waals surface area contributed by atoms with Gasteiger partial charge in [-0.25, -0.2) is 9.79 Å². The minimum absolute atomic E-state index is 0.0324. The van der Waals surface area contributed by atoms with Crippen molar-refractivity contribution < 1.29 is 9.53 Å². The Kier molecular flexibility index (Phi) is 7.60. The molecule has 0 aromatic rings. The van der Waals surface area contributed by atoms with Gasteiger partial charge in [0.25, 0.3) is 0 Å². The van der Waals surface area contributed by atoms with Crippen molar-refractivity contribution >= 4 is 35.4 Å². The molecular formula is C11H13Cl2NO2. The van der Waals surface area contributed by atoms with Gasteiger partial charge in [-0.1, -0.05) is 35.4 Å². The zero-order valence-electron chi connectivity index (χ0n) is 9.33. The van der Waals surface area contributed by atoms with Gasteiger partial charge in [0.05, 0.1) is 17.7 Å². The van der Waals surface area contributed by atoms with E-state index in [2.05, 4.69) is 9.73 Å². The van der Waals surface area contributed by atoms with Gasteiger partial charge in [-0.2, -0.15) is 0 Å². The first-order valence-corrected chi connectivity index (χ1v) is 5.29. The van der Waals surface area contributed by atoms with Crippen LogP contribution in [-0.2, 0) is 9.53 Å². The van der Waals surface area contributed by atoms with Gasteiger partial charge in [-0.05, 0) is 19.9 Å². The van der Waals surface area contributed by atoms with Gasteiger partial charge in [0.1, 0.15) is 5.16 Å². The van der Waals surface area contributed by atoms with Gasteiger partial charge in [0.2, 0.25) is 0 Å². The van der Waals surface area contributed by atoms with Crippen molar-refractivity contribution in [3.63, 3.8) is 0 Å². The lowest BCUT2D eigenvalue weighted by Crippen LogP contribution is -2.03. The number of methoxy groups -OCH3 is 1. The number of esters is 1. The van der Waals surface area contributed by atoms with E-state index in [1.807, 2.05) is 0 Å². The van der Waals surface area contributed by atoms with Gasteiger partial charge in [0, 0.05) is 6.21 Å². The van der Waals surface area contributed by atoms with Gasteiger partial charge in [-0.3, -0.25) is 0 Å². The van der Waals surface area contributed by atoms with Crippen LogP contribution in [0.1, 0.15) is 13.8 Å². The van der Waals surface area contributed by atoms with Gasteiger partial charge in [-0.15, -0.1) is 0 Å². The minimum atomic E-state index is -0.545. The van der Waals surface area contributed by atoms with Crippen LogP contribution in [0.4, 0.5) is 0 Å². The molecule has 0 saturated carbocycles. The lowest BCUT2D eigenvalue weighted by atomic mass is 10.2. The zero-order chi connectivity index (χ0) is 12.6. The fourth-order valence-electron chi connectivity index (χ4n) is 0.760. The Bertz CT molecular complexity index is 368. The molecule has 0 aliphatic heterocycles. The van der Waals surface area contributed by atoms with Crippen LogP contribution in [0, 0.1) is 0 Å². The van der Waals surface area contributed by atoms with Crippen molar-refractivity contribution in [1.29, 1.82) is 0 Å². The lowest BCUT2D eigenvalue weighted by molar-refractivity contribution is -0.135. The normalized spacial score (nSPS) is 14.4. The molecule has 3 nitrogen and oxygen atoms in total. The van der Waals surface area contributed by atoms with Crippen LogP contribution in [0.2, 0.25) is 0 Å². The van der Waals surface area contributed by atoms with E-state index in [0.717, 1.165) is 0 Å². The molecular weight excluding hydrogens is 249 g/mol. The first-order valence-electron chi connectivity index (χ1n) is 4.53. The Morgan fingerprint density at radius 2 is 1.94 bits per heavy atom. The third-order valence-electron chi connectivity index (χ3n) is 1.54. The Morgan fingerprint density at radius 3 is 2.38 bits per heavy atom. The van der Waals surface area contributed by atoms with E-state index >= 15 is 0 Å².